The van der Waals surface area contributed by atoms with Gasteiger partial charge in [-0.3, -0.25) is 0 Å². The van der Waals surface area contributed by atoms with Crippen molar-refractivity contribution in [2.45, 2.75) is 59.4 Å². The summed E-state index contributed by atoms with van der Waals surface area (Å²) in [5, 5.41) is 4.82. The molecule has 1 aromatic rings. The number of rotatable bonds is 7. The zero-order chi connectivity index (χ0) is 12.0. The molecule has 0 aliphatic carbocycles. The molecule has 1 unspecified atom stereocenters. The first kappa shape index (κ1) is 13.7. The number of thiazole rings is 1. The Hall–Kier alpha value is -0.410. The standard InChI is InChI=1S/C13H24N2S/c1-5-7-12(6-2)14-9-8-13-10(3)15-11(4)16-13/h12,14H,5-9H2,1-4H3. The molecule has 0 spiro atoms. The van der Waals surface area contributed by atoms with Gasteiger partial charge in [-0.2, -0.15) is 0 Å². The maximum absolute atomic E-state index is 4.46. The Kier molecular flexibility index (Phi) is 5.99. The zero-order valence-electron chi connectivity index (χ0n) is 11.0. The van der Waals surface area contributed by atoms with Crippen LogP contribution in [0, 0.1) is 13.8 Å². The van der Waals surface area contributed by atoms with Gasteiger partial charge in [-0.25, -0.2) is 4.98 Å². The Balaban J connectivity index is 2.32. The van der Waals surface area contributed by atoms with E-state index in [2.05, 4.69) is 38.0 Å². The highest BCUT2D eigenvalue weighted by Gasteiger charge is 2.06. The minimum Gasteiger partial charge on any atom is -0.314 e. The third kappa shape index (κ3) is 4.22. The van der Waals surface area contributed by atoms with E-state index in [-0.39, 0.29) is 0 Å². The third-order valence-electron chi connectivity index (χ3n) is 2.91. The molecule has 0 amide bonds. The number of nitrogens with one attached hydrogen (secondary N) is 1. The fraction of sp³-hybridized carbons (Fsp3) is 0.769. The molecule has 1 heterocycles. The number of aromatic nitrogens is 1. The van der Waals surface area contributed by atoms with Gasteiger partial charge < -0.3 is 5.32 Å². The molecule has 0 aliphatic rings. The number of nitrogens with zero attached hydrogens (tertiary/aromatic N) is 1. The van der Waals surface area contributed by atoms with Crippen molar-refractivity contribution in [1.82, 2.24) is 10.3 Å². The van der Waals surface area contributed by atoms with Gasteiger partial charge in [-0.15, -0.1) is 11.3 Å². The maximum atomic E-state index is 4.46. The van der Waals surface area contributed by atoms with Crippen LogP contribution in [0.25, 0.3) is 0 Å². The Morgan fingerprint density at radius 3 is 2.56 bits per heavy atom. The van der Waals surface area contributed by atoms with Crippen LogP contribution in [0.1, 0.15) is 48.7 Å². The average molecular weight is 240 g/mol. The van der Waals surface area contributed by atoms with Crippen molar-refractivity contribution in [3.63, 3.8) is 0 Å². The van der Waals surface area contributed by atoms with Crippen LogP contribution in [0.5, 0.6) is 0 Å². The topological polar surface area (TPSA) is 24.9 Å². The highest BCUT2D eigenvalue weighted by atomic mass is 32.1. The van der Waals surface area contributed by atoms with Crippen LogP contribution < -0.4 is 5.32 Å². The molecule has 1 atom stereocenters. The summed E-state index contributed by atoms with van der Waals surface area (Å²) in [5.74, 6) is 0. The minimum atomic E-state index is 0.694. The van der Waals surface area contributed by atoms with Gasteiger partial charge >= 0.3 is 0 Å². The number of hydrogen-bond donors (Lipinski definition) is 1. The number of aryl methyl sites for hydroxylation is 2. The maximum Gasteiger partial charge on any atom is 0.0900 e. The lowest BCUT2D eigenvalue weighted by molar-refractivity contribution is 0.467. The van der Waals surface area contributed by atoms with Gasteiger partial charge in [0.05, 0.1) is 10.7 Å². The van der Waals surface area contributed by atoms with E-state index in [1.165, 1.54) is 34.8 Å². The first-order valence-corrected chi connectivity index (χ1v) is 7.15. The first-order chi connectivity index (χ1) is 7.67. The summed E-state index contributed by atoms with van der Waals surface area (Å²) in [4.78, 5) is 5.90. The van der Waals surface area contributed by atoms with Crippen molar-refractivity contribution in [3.05, 3.63) is 15.6 Å². The fourth-order valence-corrected chi connectivity index (χ4v) is 2.93. The second kappa shape index (κ2) is 7.02. The van der Waals surface area contributed by atoms with Crippen molar-refractivity contribution in [2.24, 2.45) is 0 Å². The Morgan fingerprint density at radius 1 is 1.31 bits per heavy atom. The molecular weight excluding hydrogens is 216 g/mol. The van der Waals surface area contributed by atoms with E-state index in [0.717, 1.165) is 13.0 Å². The molecule has 0 saturated heterocycles. The first-order valence-electron chi connectivity index (χ1n) is 6.33. The van der Waals surface area contributed by atoms with Crippen LogP contribution in [-0.2, 0) is 6.42 Å². The monoisotopic (exact) mass is 240 g/mol. The predicted molar refractivity (Wildman–Crippen MR) is 72.3 cm³/mol. The van der Waals surface area contributed by atoms with Crippen LogP contribution in [0.3, 0.4) is 0 Å². The van der Waals surface area contributed by atoms with E-state index < -0.39 is 0 Å². The van der Waals surface area contributed by atoms with Crippen molar-refractivity contribution in [3.8, 4) is 0 Å². The molecular formula is C13H24N2S. The molecule has 1 rings (SSSR count). The molecule has 0 aromatic carbocycles. The fourth-order valence-electron chi connectivity index (χ4n) is 1.99. The van der Waals surface area contributed by atoms with Gasteiger partial charge in [0.25, 0.3) is 0 Å². The molecule has 92 valence electrons. The van der Waals surface area contributed by atoms with Crippen LogP contribution >= 0.6 is 11.3 Å². The van der Waals surface area contributed by atoms with E-state index in [9.17, 15) is 0 Å². The Morgan fingerprint density at radius 2 is 2.06 bits per heavy atom. The molecule has 2 nitrogen and oxygen atoms in total. The molecule has 3 heteroatoms. The number of hydrogen-bond acceptors (Lipinski definition) is 3. The quantitative estimate of drug-likeness (QED) is 0.789. The molecule has 1 aromatic heterocycles. The van der Waals surface area contributed by atoms with Gasteiger partial charge in [0.1, 0.15) is 0 Å². The summed E-state index contributed by atoms with van der Waals surface area (Å²) in [7, 11) is 0. The zero-order valence-corrected chi connectivity index (χ0v) is 11.8. The Labute approximate surface area is 103 Å². The van der Waals surface area contributed by atoms with Crippen molar-refractivity contribution >= 4 is 11.3 Å². The second-order valence-corrected chi connectivity index (χ2v) is 5.63. The van der Waals surface area contributed by atoms with Crippen LogP contribution in [-0.4, -0.2) is 17.6 Å². The van der Waals surface area contributed by atoms with Crippen LogP contribution in [0.15, 0.2) is 0 Å². The SMILES string of the molecule is CCCC(CC)NCCc1sc(C)nc1C. The van der Waals surface area contributed by atoms with Gasteiger partial charge in [0.2, 0.25) is 0 Å². The lowest BCUT2D eigenvalue weighted by atomic mass is 10.1. The molecule has 0 saturated carbocycles. The van der Waals surface area contributed by atoms with E-state index in [1.807, 2.05) is 11.3 Å². The Bertz CT molecular complexity index is 307. The molecule has 0 fully saturated rings. The van der Waals surface area contributed by atoms with Crippen LogP contribution in [0.4, 0.5) is 0 Å². The smallest absolute Gasteiger partial charge is 0.0900 e. The van der Waals surface area contributed by atoms with Gasteiger partial charge in [0.15, 0.2) is 0 Å². The third-order valence-corrected chi connectivity index (χ3v) is 4.05. The molecule has 16 heavy (non-hydrogen) atoms. The van der Waals surface area contributed by atoms with E-state index in [0.29, 0.717) is 6.04 Å². The predicted octanol–water partition coefficient (Wildman–Crippen LogP) is 3.47. The summed E-state index contributed by atoms with van der Waals surface area (Å²) in [5.41, 5.74) is 1.22. The van der Waals surface area contributed by atoms with Gasteiger partial charge in [-0.05, 0) is 33.1 Å². The van der Waals surface area contributed by atoms with Gasteiger partial charge in [0, 0.05) is 17.5 Å². The summed E-state index contributed by atoms with van der Waals surface area (Å²) in [6, 6.07) is 0.694. The lowest BCUT2D eigenvalue weighted by Crippen LogP contribution is -2.30. The minimum absolute atomic E-state index is 0.694. The highest BCUT2D eigenvalue weighted by Crippen LogP contribution is 2.17. The normalized spacial score (nSPS) is 13.0. The molecule has 0 bridgehead atoms. The average Bonchev–Trinajstić information content (AvgIpc) is 2.56. The lowest BCUT2D eigenvalue weighted by Gasteiger charge is -2.15. The van der Waals surface area contributed by atoms with Crippen LogP contribution in [0.2, 0.25) is 0 Å². The van der Waals surface area contributed by atoms with Gasteiger partial charge in [-0.1, -0.05) is 20.3 Å². The summed E-state index contributed by atoms with van der Waals surface area (Å²) < 4.78 is 0. The summed E-state index contributed by atoms with van der Waals surface area (Å²) in [6.45, 7) is 9.79. The van der Waals surface area contributed by atoms with Crippen molar-refractivity contribution < 1.29 is 0 Å². The summed E-state index contributed by atoms with van der Waals surface area (Å²) in [6.07, 6.45) is 4.91. The van der Waals surface area contributed by atoms with Crippen molar-refractivity contribution in [2.75, 3.05) is 6.54 Å². The molecule has 0 aliphatic heterocycles. The second-order valence-electron chi connectivity index (χ2n) is 4.34. The van der Waals surface area contributed by atoms with E-state index in [4.69, 9.17) is 0 Å². The van der Waals surface area contributed by atoms with E-state index in [1.54, 1.807) is 0 Å². The largest absolute Gasteiger partial charge is 0.314 e. The summed E-state index contributed by atoms with van der Waals surface area (Å²) >= 11 is 1.84. The highest BCUT2D eigenvalue weighted by molar-refractivity contribution is 7.11. The van der Waals surface area contributed by atoms with Crippen molar-refractivity contribution in [1.29, 1.82) is 0 Å². The van der Waals surface area contributed by atoms with E-state index >= 15 is 0 Å². The molecule has 0 radical (unpaired) electrons. The molecule has 1 N–H and O–H groups in total.